The minimum Gasteiger partial charge on any atom is -0.330 e. The van der Waals surface area contributed by atoms with Crippen LogP contribution in [0.15, 0.2) is 54.9 Å². The van der Waals surface area contributed by atoms with Crippen molar-refractivity contribution < 1.29 is 8.78 Å². The molecule has 0 unspecified atom stereocenters. The van der Waals surface area contributed by atoms with Gasteiger partial charge in [-0.05, 0) is 38.1 Å². The van der Waals surface area contributed by atoms with Crippen LogP contribution in [0.3, 0.4) is 0 Å². The van der Waals surface area contributed by atoms with Crippen molar-refractivity contribution in [1.29, 1.82) is 0 Å². The lowest BCUT2D eigenvalue weighted by Gasteiger charge is -2.15. The first-order valence-electron chi connectivity index (χ1n) is 8.87. The zero-order valence-corrected chi connectivity index (χ0v) is 14.7. The third-order valence-electron chi connectivity index (χ3n) is 5.04. The molecule has 134 valence electrons. The maximum atomic E-state index is 14.6. The Bertz CT molecular complexity index is 905. The van der Waals surface area contributed by atoms with Crippen LogP contribution in [0, 0.1) is 17.6 Å². The highest BCUT2D eigenvalue weighted by Crippen LogP contribution is 2.34. The number of halogens is 2. The zero-order chi connectivity index (χ0) is 18.1. The molecule has 0 radical (unpaired) electrons. The Morgan fingerprint density at radius 3 is 2.62 bits per heavy atom. The quantitative estimate of drug-likeness (QED) is 0.691. The minimum atomic E-state index is -0.838. The fourth-order valence-electron chi connectivity index (χ4n) is 3.75. The van der Waals surface area contributed by atoms with E-state index in [1.54, 1.807) is 18.5 Å². The summed E-state index contributed by atoms with van der Waals surface area (Å²) < 4.78 is 30.4. The third kappa shape index (κ3) is 3.15. The van der Waals surface area contributed by atoms with Crippen molar-refractivity contribution in [3.63, 3.8) is 0 Å². The summed E-state index contributed by atoms with van der Waals surface area (Å²) in [4.78, 5) is 6.85. The van der Waals surface area contributed by atoms with Crippen LogP contribution in [0.4, 0.5) is 8.78 Å². The summed E-state index contributed by atoms with van der Waals surface area (Å²) in [7, 11) is 2.11. The van der Waals surface area contributed by atoms with Gasteiger partial charge in [-0.1, -0.05) is 36.4 Å². The Labute approximate surface area is 151 Å². The van der Waals surface area contributed by atoms with E-state index in [0.29, 0.717) is 17.3 Å². The molecule has 1 saturated heterocycles. The van der Waals surface area contributed by atoms with Gasteiger partial charge < -0.3 is 9.47 Å². The number of hydrogen-bond acceptors (Lipinski definition) is 2. The van der Waals surface area contributed by atoms with Crippen LogP contribution < -0.4 is 0 Å². The number of rotatable bonds is 4. The molecule has 1 aliphatic rings. The van der Waals surface area contributed by atoms with Crippen LogP contribution in [0.25, 0.3) is 22.5 Å². The molecule has 1 aromatic heterocycles. The standard InChI is InChI=1S/C21H21F2N3/c1-25-11-10-15(12-25)13-26-14-24-20(16-6-3-2-4-7-16)21(26)17-8-5-9-18(22)19(17)23/h2-9,14-15H,10-13H2,1H3/t15-/m0/s1. The molecule has 26 heavy (non-hydrogen) atoms. The van der Waals surface area contributed by atoms with E-state index in [2.05, 4.69) is 16.9 Å². The molecule has 0 spiro atoms. The van der Waals surface area contributed by atoms with Crippen molar-refractivity contribution in [2.45, 2.75) is 13.0 Å². The number of benzene rings is 2. The van der Waals surface area contributed by atoms with Crippen LogP contribution in [-0.2, 0) is 6.54 Å². The van der Waals surface area contributed by atoms with Crippen LogP contribution in [0.1, 0.15) is 6.42 Å². The first kappa shape index (κ1) is 16.9. The van der Waals surface area contributed by atoms with Gasteiger partial charge in [0.05, 0.1) is 17.7 Å². The van der Waals surface area contributed by atoms with Gasteiger partial charge >= 0.3 is 0 Å². The number of nitrogens with zero attached hydrogens (tertiary/aromatic N) is 3. The molecule has 0 saturated carbocycles. The number of imidazole rings is 1. The highest BCUT2D eigenvalue weighted by Gasteiger charge is 2.24. The van der Waals surface area contributed by atoms with Crippen LogP contribution >= 0.6 is 0 Å². The van der Waals surface area contributed by atoms with Gasteiger partial charge in [-0.15, -0.1) is 0 Å². The predicted octanol–water partition coefficient (Wildman–Crippen LogP) is 4.45. The van der Waals surface area contributed by atoms with E-state index in [1.807, 2.05) is 34.9 Å². The summed E-state index contributed by atoms with van der Waals surface area (Å²) in [5.74, 6) is -1.18. The fourth-order valence-corrected chi connectivity index (χ4v) is 3.75. The van der Waals surface area contributed by atoms with E-state index in [4.69, 9.17) is 0 Å². The number of likely N-dealkylation sites (tertiary alicyclic amines) is 1. The summed E-state index contributed by atoms with van der Waals surface area (Å²) >= 11 is 0. The summed E-state index contributed by atoms with van der Waals surface area (Å²) in [5.41, 5.74) is 2.48. The molecule has 1 aliphatic heterocycles. The number of hydrogen-bond donors (Lipinski definition) is 0. The lowest BCUT2D eigenvalue weighted by molar-refractivity contribution is 0.378. The minimum absolute atomic E-state index is 0.257. The van der Waals surface area contributed by atoms with E-state index in [1.165, 1.54) is 0 Å². The van der Waals surface area contributed by atoms with Crippen molar-refractivity contribution in [2.75, 3.05) is 20.1 Å². The van der Waals surface area contributed by atoms with Crippen molar-refractivity contribution in [3.8, 4) is 22.5 Å². The molecular formula is C21H21F2N3. The van der Waals surface area contributed by atoms with E-state index in [9.17, 15) is 8.78 Å². The molecule has 1 atom stereocenters. The molecule has 0 bridgehead atoms. The van der Waals surface area contributed by atoms with E-state index < -0.39 is 11.6 Å². The van der Waals surface area contributed by atoms with E-state index in [0.717, 1.165) is 37.7 Å². The Morgan fingerprint density at radius 1 is 1.08 bits per heavy atom. The fraction of sp³-hybridized carbons (Fsp3) is 0.286. The largest absolute Gasteiger partial charge is 0.330 e. The molecule has 0 amide bonds. The van der Waals surface area contributed by atoms with Crippen LogP contribution in [0.5, 0.6) is 0 Å². The first-order valence-corrected chi connectivity index (χ1v) is 8.87. The Morgan fingerprint density at radius 2 is 1.88 bits per heavy atom. The summed E-state index contributed by atoms with van der Waals surface area (Å²) in [6.07, 6.45) is 2.85. The SMILES string of the molecule is CN1CC[C@H](Cn2cnc(-c3ccccc3)c2-c2cccc(F)c2F)C1. The monoisotopic (exact) mass is 353 g/mol. The van der Waals surface area contributed by atoms with Gasteiger partial charge in [-0.2, -0.15) is 0 Å². The first-order chi connectivity index (χ1) is 12.6. The molecular weight excluding hydrogens is 332 g/mol. The van der Waals surface area contributed by atoms with Gasteiger partial charge in [0.15, 0.2) is 11.6 Å². The smallest absolute Gasteiger partial charge is 0.168 e. The van der Waals surface area contributed by atoms with Gasteiger partial charge in [-0.25, -0.2) is 13.8 Å². The second kappa shape index (κ2) is 7.00. The Hall–Kier alpha value is -2.53. The van der Waals surface area contributed by atoms with Crippen LogP contribution in [-0.4, -0.2) is 34.6 Å². The number of aromatic nitrogens is 2. The van der Waals surface area contributed by atoms with Crippen LogP contribution in [0.2, 0.25) is 0 Å². The topological polar surface area (TPSA) is 21.1 Å². The molecule has 1 fully saturated rings. The van der Waals surface area contributed by atoms with Crippen molar-refractivity contribution >= 4 is 0 Å². The van der Waals surface area contributed by atoms with Crippen molar-refractivity contribution in [2.24, 2.45) is 5.92 Å². The molecule has 4 rings (SSSR count). The van der Waals surface area contributed by atoms with E-state index in [-0.39, 0.29) is 5.56 Å². The summed E-state index contributed by atoms with van der Waals surface area (Å²) in [5, 5.41) is 0. The molecule has 2 aromatic carbocycles. The second-order valence-corrected chi connectivity index (χ2v) is 6.98. The summed E-state index contributed by atoms with van der Waals surface area (Å²) in [6, 6.07) is 14.0. The lowest BCUT2D eigenvalue weighted by Crippen LogP contribution is -2.17. The van der Waals surface area contributed by atoms with Gasteiger partial charge in [-0.3, -0.25) is 0 Å². The highest BCUT2D eigenvalue weighted by molar-refractivity contribution is 5.78. The maximum Gasteiger partial charge on any atom is 0.168 e. The van der Waals surface area contributed by atoms with Gasteiger partial charge in [0.1, 0.15) is 0 Å². The van der Waals surface area contributed by atoms with Gasteiger partial charge in [0.25, 0.3) is 0 Å². The normalized spacial score (nSPS) is 17.7. The van der Waals surface area contributed by atoms with Crippen molar-refractivity contribution in [1.82, 2.24) is 14.5 Å². The predicted molar refractivity (Wildman–Crippen MR) is 98.6 cm³/mol. The molecule has 5 heteroatoms. The maximum absolute atomic E-state index is 14.6. The Kier molecular flexibility index (Phi) is 4.55. The molecule has 3 aromatic rings. The summed E-state index contributed by atoms with van der Waals surface area (Å²) in [6.45, 7) is 2.81. The third-order valence-corrected chi connectivity index (χ3v) is 5.04. The lowest BCUT2D eigenvalue weighted by atomic mass is 10.0. The zero-order valence-electron chi connectivity index (χ0n) is 14.7. The average Bonchev–Trinajstić information content (AvgIpc) is 3.25. The molecule has 0 N–H and O–H groups in total. The van der Waals surface area contributed by atoms with Gasteiger partial charge in [0.2, 0.25) is 0 Å². The molecule has 3 nitrogen and oxygen atoms in total. The Balaban J connectivity index is 1.82. The van der Waals surface area contributed by atoms with E-state index >= 15 is 0 Å². The van der Waals surface area contributed by atoms with Crippen molar-refractivity contribution in [3.05, 3.63) is 66.5 Å². The van der Waals surface area contributed by atoms with Gasteiger partial charge in [0, 0.05) is 24.2 Å². The average molecular weight is 353 g/mol. The highest BCUT2D eigenvalue weighted by atomic mass is 19.2. The molecule has 0 aliphatic carbocycles. The molecule has 2 heterocycles. The second-order valence-electron chi connectivity index (χ2n) is 6.98.